The Labute approximate surface area is 221 Å². The van der Waals surface area contributed by atoms with Crippen LogP contribution in [0.4, 0.5) is 0 Å². The predicted octanol–water partition coefficient (Wildman–Crippen LogP) is 4.71. The molecule has 2 saturated heterocycles. The van der Waals surface area contributed by atoms with Crippen LogP contribution in [0.1, 0.15) is 70.8 Å². The maximum atomic E-state index is 13.1. The molecule has 3 aliphatic rings. The second kappa shape index (κ2) is 12.9. The Bertz CT molecular complexity index is 814. The Kier molecular flexibility index (Phi) is 9.91. The summed E-state index contributed by atoms with van der Waals surface area (Å²) in [5.41, 5.74) is 1.29. The number of nitrogens with one attached hydrogen (secondary N) is 3. The molecule has 0 bridgehead atoms. The summed E-state index contributed by atoms with van der Waals surface area (Å²) in [6.07, 6.45) is 9.94. The number of carbonyl (C=O) groups is 1. The van der Waals surface area contributed by atoms with Crippen LogP contribution in [0, 0.1) is 11.3 Å². The Morgan fingerprint density at radius 1 is 1.14 bits per heavy atom. The lowest BCUT2D eigenvalue weighted by Gasteiger charge is -2.41. The molecule has 3 fully saturated rings. The predicted molar refractivity (Wildman–Crippen MR) is 152 cm³/mol. The first kappa shape index (κ1) is 26.9. The summed E-state index contributed by atoms with van der Waals surface area (Å²) >= 11 is 7.82. The number of likely N-dealkylation sites (tertiary alicyclic amines) is 1. The molecule has 5 nitrogen and oxygen atoms in total. The summed E-state index contributed by atoms with van der Waals surface area (Å²) in [5.74, 6) is 2.51. The lowest BCUT2D eigenvalue weighted by atomic mass is 9.72. The summed E-state index contributed by atoms with van der Waals surface area (Å²) in [6, 6.07) is 10.8. The van der Waals surface area contributed by atoms with Gasteiger partial charge in [0.15, 0.2) is 0 Å². The van der Waals surface area contributed by atoms with Crippen LogP contribution in [0.5, 0.6) is 0 Å². The normalized spacial score (nSPS) is 23.7. The molecule has 0 unspecified atom stereocenters. The van der Waals surface area contributed by atoms with Crippen LogP contribution in [0.15, 0.2) is 30.3 Å². The number of rotatable bonds is 9. The van der Waals surface area contributed by atoms with Gasteiger partial charge in [0.25, 0.3) is 0 Å². The van der Waals surface area contributed by atoms with Crippen LogP contribution in [0.25, 0.3) is 0 Å². The molecule has 4 rings (SSSR count). The van der Waals surface area contributed by atoms with Gasteiger partial charge in [-0.25, -0.2) is 0 Å². The highest BCUT2D eigenvalue weighted by Crippen LogP contribution is 2.37. The van der Waals surface area contributed by atoms with Crippen molar-refractivity contribution in [2.45, 2.75) is 89.9 Å². The highest BCUT2D eigenvalue weighted by molar-refractivity contribution is 7.99. The third-order valence-corrected chi connectivity index (χ3v) is 9.38. The lowest BCUT2D eigenvalue weighted by Crippen LogP contribution is -2.59. The van der Waals surface area contributed by atoms with Crippen LogP contribution in [-0.2, 0) is 11.3 Å². The fraction of sp³-hybridized carbons (Fsp3) is 0.714. The number of piperidine rings is 1. The third kappa shape index (κ3) is 7.91. The van der Waals surface area contributed by atoms with E-state index in [1.54, 1.807) is 11.8 Å². The van der Waals surface area contributed by atoms with E-state index < -0.39 is 0 Å². The minimum atomic E-state index is -0.137. The number of benzene rings is 1. The van der Waals surface area contributed by atoms with Crippen molar-refractivity contribution in [2.24, 2.45) is 11.3 Å². The van der Waals surface area contributed by atoms with Gasteiger partial charge < -0.3 is 10.6 Å². The fourth-order valence-corrected chi connectivity index (χ4v) is 7.52. The van der Waals surface area contributed by atoms with Gasteiger partial charge in [-0.1, -0.05) is 88.5 Å². The van der Waals surface area contributed by atoms with Gasteiger partial charge in [0, 0.05) is 37.3 Å². The summed E-state index contributed by atoms with van der Waals surface area (Å²) in [7, 11) is 0. The Balaban J connectivity index is 1.35. The van der Waals surface area contributed by atoms with Gasteiger partial charge in [0.1, 0.15) is 0 Å². The van der Waals surface area contributed by atoms with Crippen molar-refractivity contribution >= 4 is 34.9 Å². The first-order chi connectivity index (χ1) is 16.9. The van der Waals surface area contributed by atoms with Gasteiger partial charge in [-0.15, -0.1) is 11.8 Å². The molecule has 35 heavy (non-hydrogen) atoms. The van der Waals surface area contributed by atoms with Crippen LogP contribution in [0.3, 0.4) is 0 Å². The molecule has 1 amide bonds. The van der Waals surface area contributed by atoms with E-state index in [-0.39, 0.29) is 23.4 Å². The van der Waals surface area contributed by atoms with Gasteiger partial charge in [-0.05, 0) is 36.2 Å². The molecule has 7 heteroatoms. The molecule has 1 aliphatic carbocycles. The van der Waals surface area contributed by atoms with Crippen LogP contribution < -0.4 is 16.0 Å². The molecule has 2 atom stereocenters. The van der Waals surface area contributed by atoms with Crippen molar-refractivity contribution in [1.29, 1.82) is 0 Å². The highest BCUT2D eigenvalue weighted by Gasteiger charge is 2.38. The van der Waals surface area contributed by atoms with Gasteiger partial charge in [0.05, 0.1) is 17.1 Å². The summed E-state index contributed by atoms with van der Waals surface area (Å²) in [5, 5.41) is 10.4. The number of nitrogens with zero attached hydrogens (tertiary/aromatic N) is 1. The Morgan fingerprint density at radius 3 is 2.51 bits per heavy atom. The van der Waals surface area contributed by atoms with Crippen molar-refractivity contribution < 1.29 is 4.79 Å². The molecule has 1 aromatic rings. The Morgan fingerprint density at radius 2 is 1.86 bits per heavy atom. The summed E-state index contributed by atoms with van der Waals surface area (Å²) in [4.78, 5) is 16.5. The second-order valence-corrected chi connectivity index (χ2v) is 12.9. The van der Waals surface area contributed by atoms with E-state index in [9.17, 15) is 4.79 Å². The zero-order chi connectivity index (χ0) is 24.7. The van der Waals surface area contributed by atoms with Crippen LogP contribution in [-0.4, -0.2) is 58.6 Å². The maximum absolute atomic E-state index is 13.1. The summed E-state index contributed by atoms with van der Waals surface area (Å²) < 4.78 is 0. The van der Waals surface area contributed by atoms with Crippen molar-refractivity contribution in [1.82, 2.24) is 20.9 Å². The molecule has 2 aliphatic heterocycles. The zero-order valence-electron chi connectivity index (χ0n) is 21.6. The van der Waals surface area contributed by atoms with Gasteiger partial charge in [0.2, 0.25) is 5.91 Å². The van der Waals surface area contributed by atoms with Gasteiger partial charge in [-0.2, -0.15) is 0 Å². The zero-order valence-corrected chi connectivity index (χ0v) is 23.2. The van der Waals surface area contributed by atoms with Crippen molar-refractivity contribution in [3.8, 4) is 0 Å². The molecule has 0 spiro atoms. The number of hydrogen-bond donors (Lipinski definition) is 3. The quantitative estimate of drug-likeness (QED) is 0.413. The minimum Gasteiger partial charge on any atom is -0.375 e. The maximum Gasteiger partial charge on any atom is 0.238 e. The number of amides is 1. The van der Waals surface area contributed by atoms with Gasteiger partial charge >= 0.3 is 0 Å². The van der Waals surface area contributed by atoms with E-state index in [1.807, 2.05) is 0 Å². The van der Waals surface area contributed by atoms with E-state index >= 15 is 0 Å². The molecule has 0 aromatic heterocycles. The molecule has 194 valence electrons. The summed E-state index contributed by atoms with van der Waals surface area (Å²) in [6.45, 7) is 7.76. The van der Waals surface area contributed by atoms with E-state index in [2.05, 4.69) is 65.0 Å². The minimum absolute atomic E-state index is 0.0818. The molecular formula is C28H44N4OS2. The second-order valence-electron chi connectivity index (χ2n) is 11.5. The van der Waals surface area contributed by atoms with Crippen LogP contribution >= 0.6 is 24.0 Å². The lowest BCUT2D eigenvalue weighted by molar-refractivity contribution is -0.123. The van der Waals surface area contributed by atoms with E-state index in [0.717, 1.165) is 61.4 Å². The first-order valence-electron chi connectivity index (χ1n) is 13.6. The first-order valence-corrected chi connectivity index (χ1v) is 15.2. The largest absolute Gasteiger partial charge is 0.375 e. The standard InChI is InChI=1S/C28H44N4OS2/c1-28(2,17-21-9-5-3-6-10-21)25(31-26(33)24-19-35-20-29-24)27(34)30-23-13-15-32(16-14-23)18-22-11-7-4-8-12-22/h4,7-8,11-12,21,23-25,29H,3,5-6,9-10,13-20H2,1-2H3,(H,30,34)(H,31,33)/t24-,25-/m0/s1. The average Bonchev–Trinajstić information content (AvgIpc) is 3.40. The average molecular weight is 517 g/mol. The monoisotopic (exact) mass is 516 g/mol. The fourth-order valence-electron chi connectivity index (χ4n) is 6.04. The molecular weight excluding hydrogens is 472 g/mol. The number of carbonyl (C=O) groups excluding carboxylic acids is 1. The van der Waals surface area contributed by atoms with Crippen molar-refractivity contribution in [3.05, 3.63) is 35.9 Å². The highest BCUT2D eigenvalue weighted by atomic mass is 32.2. The van der Waals surface area contributed by atoms with E-state index in [0.29, 0.717) is 6.04 Å². The number of hydrogen-bond acceptors (Lipinski definition) is 5. The topological polar surface area (TPSA) is 56.4 Å². The third-order valence-electron chi connectivity index (χ3n) is 8.09. The van der Waals surface area contributed by atoms with Crippen molar-refractivity contribution in [3.63, 3.8) is 0 Å². The smallest absolute Gasteiger partial charge is 0.238 e. The number of thioether (sulfide) groups is 1. The molecule has 3 N–H and O–H groups in total. The van der Waals surface area contributed by atoms with E-state index in [4.69, 9.17) is 12.2 Å². The molecule has 2 heterocycles. The Hall–Kier alpha value is -1.15. The van der Waals surface area contributed by atoms with E-state index in [1.165, 1.54) is 37.7 Å². The molecule has 1 aromatic carbocycles. The SMILES string of the molecule is CC(C)(CC1CCCCC1)[C@@H](NC(=O)[C@@H]1CSCN1)C(=S)NC1CCN(Cc2ccccc2)CC1. The number of thiocarbonyl (C=S) groups is 1. The van der Waals surface area contributed by atoms with Gasteiger partial charge in [-0.3, -0.25) is 15.0 Å². The molecule has 1 saturated carbocycles. The van der Waals surface area contributed by atoms with Crippen molar-refractivity contribution in [2.75, 3.05) is 24.7 Å². The van der Waals surface area contributed by atoms with Crippen LogP contribution in [0.2, 0.25) is 0 Å². The molecule has 0 radical (unpaired) electrons.